The van der Waals surface area contributed by atoms with Crippen molar-refractivity contribution in [3.8, 4) is 0 Å². The van der Waals surface area contributed by atoms with Gasteiger partial charge in [-0.3, -0.25) is 0 Å². The van der Waals surface area contributed by atoms with Crippen molar-refractivity contribution < 1.29 is 27.7 Å². The summed E-state index contributed by atoms with van der Waals surface area (Å²) in [5.41, 5.74) is 1.94. The smallest absolute Gasteiger partial charge is 0.127 e. The van der Waals surface area contributed by atoms with Gasteiger partial charge in [0.05, 0.1) is 0 Å². The first-order valence-corrected chi connectivity index (χ1v) is 7.83. The van der Waals surface area contributed by atoms with E-state index in [1.165, 1.54) is 8.26 Å². The van der Waals surface area contributed by atoms with Crippen LogP contribution in [0.5, 0.6) is 0 Å². The minimum atomic E-state index is 0. The van der Waals surface area contributed by atoms with Crippen LogP contribution < -0.4 is 0 Å². The minimum Gasteiger partial charge on any atom is -0.457 e. The van der Waals surface area contributed by atoms with E-state index in [0.717, 1.165) is 11.2 Å². The number of fused-ring (bicyclic) bond motifs is 2. The second-order valence-corrected chi connectivity index (χ2v) is 7.24. The summed E-state index contributed by atoms with van der Waals surface area (Å²) in [4.78, 5) is 0. The summed E-state index contributed by atoms with van der Waals surface area (Å²) in [6, 6.07) is 7.81. The maximum Gasteiger partial charge on any atom is 0.127 e. The summed E-state index contributed by atoms with van der Waals surface area (Å²) in [5.74, 6) is 0. The van der Waals surface area contributed by atoms with Crippen LogP contribution in [0.2, 0.25) is 8.26 Å². The molecule has 2 aromatic heterocycles. The summed E-state index contributed by atoms with van der Waals surface area (Å²) in [5, 5.41) is 0. The topological polar surface area (TPSA) is 13.1 Å². The zero-order valence-corrected chi connectivity index (χ0v) is 12.5. The van der Waals surface area contributed by atoms with E-state index in [-0.39, 0.29) is 48.0 Å². The number of hydrogen-bond donors (Lipinski definition) is 0. The predicted octanol–water partition coefficient (Wildman–Crippen LogP) is 4.66. The van der Waals surface area contributed by atoms with Crippen LogP contribution in [-0.4, -0.2) is 0 Å². The molecule has 0 saturated heterocycles. The van der Waals surface area contributed by atoms with Crippen molar-refractivity contribution in [1.82, 2.24) is 0 Å². The molecule has 0 aliphatic rings. The molecule has 0 saturated carbocycles. The SMILES string of the molecule is C[CH2][Zr][CH2]C.Cl.Cl.c1cc2ccc1o2. The van der Waals surface area contributed by atoms with Crippen LogP contribution in [0.25, 0.3) is 11.2 Å². The van der Waals surface area contributed by atoms with Crippen molar-refractivity contribution >= 4 is 36.0 Å². The van der Waals surface area contributed by atoms with E-state index in [2.05, 4.69) is 13.8 Å². The fourth-order valence-corrected chi connectivity index (χ4v) is 2.19. The molecule has 0 aliphatic carbocycles. The molecule has 0 unspecified atom stereocenters. The van der Waals surface area contributed by atoms with Gasteiger partial charge in [-0.2, -0.15) is 0 Å². The van der Waals surface area contributed by atoms with Crippen LogP contribution in [-0.2, 0) is 23.2 Å². The first-order chi connectivity index (χ1) is 5.86. The number of furan rings is 2. The molecule has 1 nitrogen and oxygen atoms in total. The summed E-state index contributed by atoms with van der Waals surface area (Å²) in [6.07, 6.45) is 0. The van der Waals surface area contributed by atoms with Gasteiger partial charge in [0.25, 0.3) is 0 Å². The van der Waals surface area contributed by atoms with Crippen molar-refractivity contribution in [3.63, 3.8) is 0 Å². The van der Waals surface area contributed by atoms with Gasteiger partial charge in [-0.15, -0.1) is 24.8 Å². The molecule has 0 atom stereocenters. The fraction of sp³-hybridized carbons (Fsp3) is 0.400. The number of rotatable bonds is 2. The molecule has 2 aromatic rings. The molecule has 0 radical (unpaired) electrons. The van der Waals surface area contributed by atoms with Crippen LogP contribution >= 0.6 is 24.8 Å². The molecule has 2 heterocycles. The van der Waals surface area contributed by atoms with E-state index >= 15 is 0 Å². The molecule has 2 rings (SSSR count). The van der Waals surface area contributed by atoms with Crippen LogP contribution in [0.15, 0.2) is 28.7 Å². The molecule has 14 heavy (non-hydrogen) atoms. The van der Waals surface area contributed by atoms with E-state index in [1.54, 1.807) is 0 Å². The summed E-state index contributed by atoms with van der Waals surface area (Å²) >= 11 is 0.218. The molecular weight excluding hydrogens is 298 g/mol. The molecule has 0 N–H and O–H groups in total. The Bertz CT molecular complexity index is 250. The van der Waals surface area contributed by atoms with Crippen LogP contribution in [0.3, 0.4) is 0 Å². The normalized spacial score (nSPS) is 8.14. The van der Waals surface area contributed by atoms with Gasteiger partial charge in [0.15, 0.2) is 0 Å². The van der Waals surface area contributed by atoms with E-state index in [4.69, 9.17) is 4.42 Å². The molecule has 0 aromatic carbocycles. The zero-order chi connectivity index (χ0) is 8.81. The van der Waals surface area contributed by atoms with Crippen molar-refractivity contribution in [2.24, 2.45) is 0 Å². The molecule has 0 spiro atoms. The van der Waals surface area contributed by atoms with Gasteiger partial charge in [-0.25, -0.2) is 0 Å². The largest absolute Gasteiger partial charge is 0.457 e. The second-order valence-electron chi connectivity index (χ2n) is 2.53. The number of halogens is 2. The van der Waals surface area contributed by atoms with Crippen molar-refractivity contribution in [1.29, 1.82) is 0 Å². The minimum absolute atomic E-state index is 0. The van der Waals surface area contributed by atoms with Gasteiger partial charge in [0.1, 0.15) is 11.2 Å². The van der Waals surface area contributed by atoms with Crippen LogP contribution in [0, 0.1) is 0 Å². The molecule has 0 amide bonds. The molecule has 2 bridgehead atoms. The van der Waals surface area contributed by atoms with Crippen LogP contribution in [0.1, 0.15) is 13.8 Å². The Balaban J connectivity index is 0. The summed E-state index contributed by atoms with van der Waals surface area (Å²) in [6.45, 7) is 4.57. The maximum absolute atomic E-state index is 5.08. The third-order valence-corrected chi connectivity index (χ3v) is 4.02. The van der Waals surface area contributed by atoms with Crippen molar-refractivity contribution in [2.45, 2.75) is 22.1 Å². The fourth-order valence-electron chi connectivity index (χ4n) is 0.962. The van der Waals surface area contributed by atoms with E-state index in [9.17, 15) is 0 Å². The average molecular weight is 314 g/mol. The predicted molar refractivity (Wildman–Crippen MR) is 62.9 cm³/mol. The molecule has 4 heteroatoms. The third kappa shape index (κ3) is 6.06. The molecule has 0 aliphatic heterocycles. The Morgan fingerprint density at radius 1 is 0.929 bits per heavy atom. The Hall–Kier alpha value is 0.483. The first-order valence-electron chi connectivity index (χ1n) is 4.35. The van der Waals surface area contributed by atoms with E-state index in [1.807, 2.05) is 24.3 Å². The van der Waals surface area contributed by atoms with Gasteiger partial charge in [-0.05, 0) is 24.3 Å². The van der Waals surface area contributed by atoms with Gasteiger partial charge in [0, 0.05) is 0 Å². The van der Waals surface area contributed by atoms with Gasteiger partial charge >= 0.3 is 45.3 Å². The van der Waals surface area contributed by atoms with Gasteiger partial charge in [-0.1, -0.05) is 0 Å². The van der Waals surface area contributed by atoms with Crippen molar-refractivity contribution in [2.75, 3.05) is 0 Å². The molecule has 80 valence electrons. The Labute approximate surface area is 109 Å². The third-order valence-electron chi connectivity index (χ3n) is 1.56. The standard InChI is InChI=1S/C6H4O.2C2H5.2ClH.Zr/c1-2-6-4-3-5(1)7-6;2*1-2;;;/h1-4H;2*1H2,2H3;2*1H;. The van der Waals surface area contributed by atoms with Gasteiger partial charge < -0.3 is 4.42 Å². The van der Waals surface area contributed by atoms with Crippen LogP contribution in [0.4, 0.5) is 0 Å². The Morgan fingerprint density at radius 2 is 1.29 bits per heavy atom. The Morgan fingerprint density at radius 3 is 1.36 bits per heavy atom. The number of benzene rings is 1. The first kappa shape index (κ1) is 16.9. The molecular formula is C10H16Cl2OZr. The quantitative estimate of drug-likeness (QED) is 0.786. The second kappa shape index (κ2) is 10.0. The van der Waals surface area contributed by atoms with E-state index in [0.29, 0.717) is 0 Å². The number of hydrogen-bond acceptors (Lipinski definition) is 1. The summed E-state index contributed by atoms with van der Waals surface area (Å²) < 4.78 is 8.11. The Kier molecular flexibility index (Phi) is 12.1. The molecule has 0 fully saturated rings. The maximum atomic E-state index is 5.08. The average Bonchev–Trinajstić information content (AvgIpc) is 2.69. The zero-order valence-electron chi connectivity index (χ0n) is 8.45. The monoisotopic (exact) mass is 312 g/mol. The summed E-state index contributed by atoms with van der Waals surface area (Å²) in [7, 11) is 0. The van der Waals surface area contributed by atoms with E-state index < -0.39 is 0 Å². The van der Waals surface area contributed by atoms with Gasteiger partial charge in [0.2, 0.25) is 0 Å². The van der Waals surface area contributed by atoms with Crippen molar-refractivity contribution in [3.05, 3.63) is 24.3 Å².